The minimum Gasteiger partial charge on any atom is -0.447 e. The molecule has 0 atom stereocenters. The Kier molecular flexibility index (Phi) is 3.52. The smallest absolute Gasteiger partial charge is 0.387 e. The lowest BCUT2D eigenvalue weighted by molar-refractivity contribution is -0.661. The number of nitrogens with zero attached hydrogens (tertiary/aromatic N) is 1. The highest BCUT2D eigenvalue weighted by molar-refractivity contribution is 7.18. The predicted octanol–water partition coefficient (Wildman–Crippen LogP) is 3.92. The van der Waals surface area contributed by atoms with E-state index in [1.165, 1.54) is 16.1 Å². The maximum absolute atomic E-state index is 5.61. The van der Waals surface area contributed by atoms with E-state index in [2.05, 4.69) is 53.1 Å². The van der Waals surface area contributed by atoms with Gasteiger partial charge in [0, 0.05) is 5.56 Å². The van der Waals surface area contributed by atoms with Crippen molar-refractivity contribution in [2.75, 3.05) is 7.11 Å². The van der Waals surface area contributed by atoms with Crippen LogP contribution in [0.5, 0.6) is 5.88 Å². The van der Waals surface area contributed by atoms with Crippen LogP contribution >= 0.6 is 11.3 Å². The van der Waals surface area contributed by atoms with Crippen molar-refractivity contribution < 1.29 is 9.30 Å². The van der Waals surface area contributed by atoms with E-state index in [1.807, 2.05) is 19.2 Å². The molecule has 0 unspecified atom stereocenters. The van der Waals surface area contributed by atoms with Crippen molar-refractivity contribution in [3.05, 3.63) is 60.7 Å². The van der Waals surface area contributed by atoms with Crippen molar-refractivity contribution in [1.82, 2.24) is 0 Å². The van der Waals surface area contributed by atoms with E-state index in [0.29, 0.717) is 0 Å². The van der Waals surface area contributed by atoms with E-state index in [-0.39, 0.29) is 0 Å². The highest BCUT2D eigenvalue weighted by Gasteiger charge is 2.26. The molecule has 1 aromatic heterocycles. The Morgan fingerprint density at radius 2 is 1.40 bits per heavy atom. The van der Waals surface area contributed by atoms with Crippen molar-refractivity contribution in [3.8, 4) is 26.9 Å². The second kappa shape index (κ2) is 5.47. The lowest BCUT2D eigenvalue weighted by Crippen LogP contribution is -2.29. The minimum atomic E-state index is 0.903. The van der Waals surface area contributed by atoms with Gasteiger partial charge in [0.05, 0.1) is 12.7 Å². The standard InChI is InChI=1S/C17H16NOS/c1-18-16(19-2)15(13-9-5-3-6-10-13)20-17(18)14-11-7-4-8-12-14/h3-12H,1-2H3/q+1. The van der Waals surface area contributed by atoms with Crippen LogP contribution in [0.1, 0.15) is 0 Å². The van der Waals surface area contributed by atoms with E-state index < -0.39 is 0 Å². The summed E-state index contributed by atoms with van der Waals surface area (Å²) in [7, 11) is 3.77. The van der Waals surface area contributed by atoms with Crippen LogP contribution in [0.15, 0.2) is 60.7 Å². The van der Waals surface area contributed by atoms with Gasteiger partial charge in [-0.1, -0.05) is 59.9 Å². The van der Waals surface area contributed by atoms with Gasteiger partial charge < -0.3 is 4.74 Å². The predicted molar refractivity (Wildman–Crippen MR) is 82.9 cm³/mol. The maximum atomic E-state index is 5.61. The summed E-state index contributed by atoms with van der Waals surface area (Å²) < 4.78 is 7.72. The van der Waals surface area contributed by atoms with E-state index in [4.69, 9.17) is 4.74 Å². The molecule has 20 heavy (non-hydrogen) atoms. The molecule has 3 heteroatoms. The van der Waals surface area contributed by atoms with Crippen LogP contribution in [-0.2, 0) is 7.05 Å². The van der Waals surface area contributed by atoms with Gasteiger partial charge in [-0.15, -0.1) is 0 Å². The number of rotatable bonds is 3. The summed E-state index contributed by atoms with van der Waals surface area (Å²) in [6.07, 6.45) is 0. The molecule has 0 aliphatic rings. The van der Waals surface area contributed by atoms with E-state index in [1.54, 1.807) is 18.4 Å². The summed E-state index contributed by atoms with van der Waals surface area (Å²) >= 11 is 1.75. The maximum Gasteiger partial charge on any atom is 0.387 e. The lowest BCUT2D eigenvalue weighted by atomic mass is 10.2. The third-order valence-corrected chi connectivity index (χ3v) is 4.57. The highest BCUT2D eigenvalue weighted by Crippen LogP contribution is 2.37. The summed E-state index contributed by atoms with van der Waals surface area (Å²) in [4.78, 5) is 1.16. The number of thiazole rings is 1. The molecular weight excluding hydrogens is 266 g/mol. The highest BCUT2D eigenvalue weighted by atomic mass is 32.1. The second-order valence-electron chi connectivity index (χ2n) is 4.54. The molecule has 0 aliphatic carbocycles. The van der Waals surface area contributed by atoms with Crippen molar-refractivity contribution in [2.24, 2.45) is 7.05 Å². The fraction of sp³-hybridized carbons (Fsp3) is 0.118. The first-order valence-electron chi connectivity index (χ1n) is 6.49. The molecule has 2 aromatic carbocycles. The van der Waals surface area contributed by atoms with Crippen molar-refractivity contribution >= 4 is 11.3 Å². The van der Waals surface area contributed by atoms with Gasteiger partial charge in [-0.2, -0.15) is 4.57 Å². The summed E-state index contributed by atoms with van der Waals surface area (Å²) in [5.41, 5.74) is 2.40. The summed E-state index contributed by atoms with van der Waals surface area (Å²) in [5, 5.41) is 1.20. The quantitative estimate of drug-likeness (QED) is 0.664. The molecule has 100 valence electrons. The lowest BCUT2D eigenvalue weighted by Gasteiger charge is -1.97. The van der Waals surface area contributed by atoms with Crippen molar-refractivity contribution in [2.45, 2.75) is 0 Å². The normalized spacial score (nSPS) is 10.5. The van der Waals surface area contributed by atoms with Crippen LogP contribution in [0.3, 0.4) is 0 Å². The zero-order valence-corrected chi connectivity index (χ0v) is 12.4. The first-order valence-corrected chi connectivity index (χ1v) is 7.30. The molecule has 0 spiro atoms. The molecule has 0 bridgehead atoms. The molecule has 0 fully saturated rings. The monoisotopic (exact) mass is 282 g/mol. The number of hydrogen-bond acceptors (Lipinski definition) is 2. The minimum absolute atomic E-state index is 0.903. The summed E-state index contributed by atoms with van der Waals surface area (Å²) in [6.45, 7) is 0. The van der Waals surface area contributed by atoms with Crippen molar-refractivity contribution in [3.63, 3.8) is 0 Å². The molecule has 0 saturated carbocycles. The Morgan fingerprint density at radius 1 is 0.850 bits per heavy atom. The average molecular weight is 282 g/mol. The van der Waals surface area contributed by atoms with Crippen LogP contribution < -0.4 is 9.30 Å². The molecule has 2 nitrogen and oxygen atoms in total. The van der Waals surface area contributed by atoms with Gasteiger partial charge in [0.25, 0.3) is 5.01 Å². The largest absolute Gasteiger partial charge is 0.447 e. The first kappa shape index (κ1) is 12.9. The van der Waals surface area contributed by atoms with Gasteiger partial charge >= 0.3 is 5.88 Å². The zero-order valence-electron chi connectivity index (χ0n) is 11.5. The summed E-state index contributed by atoms with van der Waals surface area (Å²) in [5.74, 6) is 0.903. The summed E-state index contributed by atoms with van der Waals surface area (Å²) in [6, 6.07) is 20.8. The number of benzene rings is 2. The molecule has 3 aromatic rings. The SMILES string of the molecule is COc1c(-c2ccccc2)sc(-c2ccccc2)[n+]1C. The van der Waals surface area contributed by atoms with Crippen LogP contribution in [0.2, 0.25) is 0 Å². The van der Waals surface area contributed by atoms with Crippen LogP contribution in [-0.4, -0.2) is 7.11 Å². The molecule has 0 aliphatic heterocycles. The van der Waals surface area contributed by atoms with Gasteiger partial charge in [0.1, 0.15) is 7.05 Å². The Morgan fingerprint density at radius 3 is 1.95 bits per heavy atom. The second-order valence-corrected chi connectivity index (χ2v) is 5.54. The molecule has 0 saturated heterocycles. The average Bonchev–Trinajstić information content (AvgIpc) is 2.86. The Labute approximate surface area is 122 Å². The molecule has 0 N–H and O–H groups in total. The van der Waals surface area contributed by atoms with Gasteiger partial charge in [0.15, 0.2) is 4.88 Å². The number of ether oxygens (including phenoxy) is 1. The van der Waals surface area contributed by atoms with E-state index >= 15 is 0 Å². The van der Waals surface area contributed by atoms with Gasteiger partial charge in [-0.3, -0.25) is 0 Å². The number of hydrogen-bond donors (Lipinski definition) is 0. The Bertz CT molecular complexity index is 705. The van der Waals surface area contributed by atoms with Crippen LogP contribution in [0.4, 0.5) is 0 Å². The number of methoxy groups -OCH3 is 1. The van der Waals surface area contributed by atoms with Crippen LogP contribution in [0, 0.1) is 0 Å². The number of aromatic nitrogens is 1. The van der Waals surface area contributed by atoms with Gasteiger partial charge in [0.2, 0.25) is 0 Å². The fourth-order valence-electron chi connectivity index (χ4n) is 2.29. The van der Waals surface area contributed by atoms with Crippen LogP contribution in [0.25, 0.3) is 21.0 Å². The Hall–Kier alpha value is -2.13. The molecule has 0 radical (unpaired) electrons. The van der Waals surface area contributed by atoms with Gasteiger partial charge in [-0.25, -0.2) is 0 Å². The first-order chi connectivity index (χ1) is 9.81. The third kappa shape index (κ3) is 2.21. The molecule has 1 heterocycles. The Balaban J connectivity index is 2.18. The molecular formula is C17H16NOS+. The molecule has 0 amide bonds. The van der Waals surface area contributed by atoms with E-state index in [9.17, 15) is 0 Å². The topological polar surface area (TPSA) is 13.1 Å². The fourth-order valence-corrected chi connectivity index (χ4v) is 3.52. The third-order valence-electron chi connectivity index (χ3n) is 3.25. The zero-order chi connectivity index (χ0) is 13.9. The van der Waals surface area contributed by atoms with E-state index in [0.717, 1.165) is 10.8 Å². The van der Waals surface area contributed by atoms with Gasteiger partial charge in [-0.05, 0) is 12.1 Å². The van der Waals surface area contributed by atoms with Crippen molar-refractivity contribution in [1.29, 1.82) is 0 Å². The molecule has 3 rings (SSSR count).